The molecule has 0 aliphatic heterocycles. The topological polar surface area (TPSA) is 44.7 Å². The lowest BCUT2D eigenvalue weighted by molar-refractivity contribution is 0.0431. The van der Waals surface area contributed by atoms with Gasteiger partial charge in [0, 0.05) is 13.7 Å². The summed E-state index contributed by atoms with van der Waals surface area (Å²) in [5.41, 5.74) is 0. The lowest BCUT2D eigenvalue weighted by Crippen LogP contribution is -2.33. The molecule has 1 atom stereocenters. The van der Waals surface area contributed by atoms with Gasteiger partial charge >= 0.3 is 0 Å². The van der Waals surface area contributed by atoms with E-state index in [9.17, 15) is 5.11 Å². The minimum Gasteiger partial charge on any atom is -0.389 e. The van der Waals surface area contributed by atoms with E-state index in [0.29, 0.717) is 13.2 Å². The standard InChI is InChI=1S/C10H24N2O2/c1-4-11-6-5-7-12(2)8-10(13)9-14-3/h10-11,13H,4-9H2,1-3H3. The number of nitrogens with one attached hydrogen (secondary N) is 1. The van der Waals surface area contributed by atoms with Crippen LogP contribution >= 0.6 is 0 Å². The maximum Gasteiger partial charge on any atom is 0.0899 e. The Hall–Kier alpha value is -0.160. The molecule has 1 unspecified atom stereocenters. The molecular formula is C10H24N2O2. The fourth-order valence-corrected chi connectivity index (χ4v) is 1.35. The second kappa shape index (κ2) is 9.40. The number of rotatable bonds is 9. The second-order valence-electron chi connectivity index (χ2n) is 3.58. The Bertz CT molecular complexity index is 123. The van der Waals surface area contributed by atoms with E-state index in [-0.39, 0.29) is 6.10 Å². The van der Waals surface area contributed by atoms with Gasteiger partial charge in [-0.05, 0) is 33.1 Å². The molecule has 14 heavy (non-hydrogen) atoms. The summed E-state index contributed by atoms with van der Waals surface area (Å²) < 4.78 is 4.86. The van der Waals surface area contributed by atoms with Gasteiger partial charge < -0.3 is 20.1 Å². The van der Waals surface area contributed by atoms with Gasteiger partial charge in [0.1, 0.15) is 0 Å². The van der Waals surface area contributed by atoms with Crippen molar-refractivity contribution in [2.75, 3.05) is 46.9 Å². The quantitative estimate of drug-likeness (QED) is 0.516. The second-order valence-corrected chi connectivity index (χ2v) is 3.58. The van der Waals surface area contributed by atoms with E-state index in [4.69, 9.17) is 4.74 Å². The van der Waals surface area contributed by atoms with Gasteiger partial charge in [-0.1, -0.05) is 6.92 Å². The van der Waals surface area contributed by atoms with Crippen LogP contribution in [0, 0.1) is 0 Å². The lowest BCUT2D eigenvalue weighted by atomic mass is 10.3. The molecule has 0 saturated carbocycles. The first-order chi connectivity index (χ1) is 6.70. The van der Waals surface area contributed by atoms with E-state index in [2.05, 4.69) is 17.1 Å². The van der Waals surface area contributed by atoms with Crippen LogP contribution in [0.15, 0.2) is 0 Å². The predicted octanol–water partition coefficient (Wildman–Crippen LogP) is -0.0749. The molecular weight excluding hydrogens is 180 g/mol. The molecule has 0 aliphatic rings. The molecule has 0 radical (unpaired) electrons. The average Bonchev–Trinajstić information content (AvgIpc) is 2.13. The summed E-state index contributed by atoms with van der Waals surface area (Å²) in [4.78, 5) is 2.13. The van der Waals surface area contributed by atoms with Crippen molar-refractivity contribution in [3.8, 4) is 0 Å². The van der Waals surface area contributed by atoms with E-state index in [0.717, 1.165) is 26.1 Å². The number of aliphatic hydroxyl groups excluding tert-OH is 1. The van der Waals surface area contributed by atoms with Crippen molar-refractivity contribution in [2.45, 2.75) is 19.4 Å². The van der Waals surface area contributed by atoms with Gasteiger partial charge in [0.2, 0.25) is 0 Å². The Labute approximate surface area is 87.2 Å². The minimum atomic E-state index is -0.371. The zero-order chi connectivity index (χ0) is 10.8. The fourth-order valence-electron chi connectivity index (χ4n) is 1.35. The Morgan fingerprint density at radius 3 is 2.79 bits per heavy atom. The van der Waals surface area contributed by atoms with Crippen molar-refractivity contribution in [1.29, 1.82) is 0 Å². The van der Waals surface area contributed by atoms with Gasteiger partial charge in [0.25, 0.3) is 0 Å². The average molecular weight is 204 g/mol. The molecule has 0 heterocycles. The van der Waals surface area contributed by atoms with E-state index in [1.165, 1.54) is 0 Å². The number of nitrogens with zero attached hydrogens (tertiary/aromatic N) is 1. The largest absolute Gasteiger partial charge is 0.389 e. The van der Waals surface area contributed by atoms with Crippen LogP contribution in [-0.4, -0.2) is 63.1 Å². The van der Waals surface area contributed by atoms with E-state index < -0.39 is 0 Å². The molecule has 0 aliphatic carbocycles. The molecule has 0 aromatic rings. The summed E-state index contributed by atoms with van der Waals surface area (Å²) in [6.07, 6.45) is 0.744. The number of aliphatic hydroxyl groups is 1. The number of methoxy groups -OCH3 is 1. The molecule has 0 saturated heterocycles. The molecule has 4 heteroatoms. The van der Waals surface area contributed by atoms with Crippen LogP contribution in [0.3, 0.4) is 0 Å². The molecule has 0 aromatic heterocycles. The molecule has 0 fully saturated rings. The molecule has 2 N–H and O–H groups in total. The summed E-state index contributed by atoms with van der Waals surface area (Å²) in [5.74, 6) is 0. The molecule has 0 bridgehead atoms. The summed E-state index contributed by atoms with van der Waals surface area (Å²) in [6.45, 7) is 6.27. The van der Waals surface area contributed by atoms with Crippen LogP contribution in [0.1, 0.15) is 13.3 Å². The number of ether oxygens (including phenoxy) is 1. The monoisotopic (exact) mass is 204 g/mol. The van der Waals surface area contributed by atoms with Crippen LogP contribution < -0.4 is 5.32 Å². The first-order valence-electron chi connectivity index (χ1n) is 5.27. The summed E-state index contributed by atoms with van der Waals surface area (Å²) in [7, 11) is 3.62. The summed E-state index contributed by atoms with van der Waals surface area (Å²) in [5, 5.41) is 12.7. The van der Waals surface area contributed by atoms with Crippen LogP contribution in [0.25, 0.3) is 0 Å². The van der Waals surface area contributed by atoms with Gasteiger partial charge in [-0.25, -0.2) is 0 Å². The van der Waals surface area contributed by atoms with Crippen LogP contribution in [0.2, 0.25) is 0 Å². The number of hydrogen-bond donors (Lipinski definition) is 2. The van der Waals surface area contributed by atoms with Crippen LogP contribution in [0.4, 0.5) is 0 Å². The Morgan fingerprint density at radius 1 is 1.50 bits per heavy atom. The van der Waals surface area contributed by atoms with E-state index in [1.807, 2.05) is 7.05 Å². The zero-order valence-corrected chi connectivity index (χ0v) is 9.62. The highest BCUT2D eigenvalue weighted by Crippen LogP contribution is 1.91. The molecule has 0 aromatic carbocycles. The zero-order valence-electron chi connectivity index (χ0n) is 9.62. The van der Waals surface area contributed by atoms with Crippen molar-refractivity contribution in [3.05, 3.63) is 0 Å². The SMILES string of the molecule is CCNCCCN(C)CC(O)COC. The third-order valence-corrected chi connectivity index (χ3v) is 2.02. The first-order valence-corrected chi connectivity index (χ1v) is 5.27. The van der Waals surface area contributed by atoms with Gasteiger partial charge in [0.05, 0.1) is 12.7 Å². The van der Waals surface area contributed by atoms with Crippen molar-refractivity contribution in [1.82, 2.24) is 10.2 Å². The van der Waals surface area contributed by atoms with Gasteiger partial charge in [-0.3, -0.25) is 0 Å². The number of hydrogen-bond acceptors (Lipinski definition) is 4. The Kier molecular flexibility index (Phi) is 9.29. The first kappa shape index (κ1) is 13.8. The van der Waals surface area contributed by atoms with Crippen LogP contribution in [0.5, 0.6) is 0 Å². The molecule has 4 nitrogen and oxygen atoms in total. The highest BCUT2D eigenvalue weighted by atomic mass is 16.5. The highest BCUT2D eigenvalue weighted by molar-refractivity contribution is 4.60. The summed E-state index contributed by atoms with van der Waals surface area (Å²) in [6, 6.07) is 0. The normalized spacial score (nSPS) is 13.5. The van der Waals surface area contributed by atoms with E-state index >= 15 is 0 Å². The number of likely N-dealkylation sites (N-methyl/N-ethyl adjacent to an activating group) is 1. The van der Waals surface area contributed by atoms with E-state index in [1.54, 1.807) is 7.11 Å². The van der Waals surface area contributed by atoms with Crippen LogP contribution in [-0.2, 0) is 4.74 Å². The minimum absolute atomic E-state index is 0.371. The maximum absolute atomic E-state index is 9.44. The van der Waals surface area contributed by atoms with Crippen molar-refractivity contribution >= 4 is 0 Å². The summed E-state index contributed by atoms with van der Waals surface area (Å²) >= 11 is 0. The maximum atomic E-state index is 9.44. The Morgan fingerprint density at radius 2 is 2.21 bits per heavy atom. The predicted molar refractivity (Wildman–Crippen MR) is 58.5 cm³/mol. The highest BCUT2D eigenvalue weighted by Gasteiger charge is 2.06. The lowest BCUT2D eigenvalue weighted by Gasteiger charge is -2.19. The van der Waals surface area contributed by atoms with Gasteiger partial charge in [0.15, 0.2) is 0 Å². The Balaban J connectivity index is 3.30. The van der Waals surface area contributed by atoms with Gasteiger partial charge in [-0.2, -0.15) is 0 Å². The van der Waals surface area contributed by atoms with Crippen molar-refractivity contribution in [2.24, 2.45) is 0 Å². The van der Waals surface area contributed by atoms with Crippen molar-refractivity contribution < 1.29 is 9.84 Å². The third kappa shape index (κ3) is 8.44. The van der Waals surface area contributed by atoms with Crippen molar-refractivity contribution in [3.63, 3.8) is 0 Å². The molecule has 0 rings (SSSR count). The molecule has 0 amide bonds. The molecule has 86 valence electrons. The molecule has 0 spiro atoms. The fraction of sp³-hybridized carbons (Fsp3) is 1.00. The third-order valence-electron chi connectivity index (χ3n) is 2.02. The smallest absolute Gasteiger partial charge is 0.0899 e. The van der Waals surface area contributed by atoms with Gasteiger partial charge in [-0.15, -0.1) is 0 Å².